The fourth-order valence-corrected chi connectivity index (χ4v) is 4.09. The number of fused-ring (bicyclic) bond motifs is 1. The minimum atomic E-state index is 0.339. The number of Topliss-reactive ketones (excluding diaryl/α,β-unsaturated/α-hetero) is 1. The standard InChI is InChI=1S/C20H24N2O/c23-20-8-4-7-19-18(20)11-14-22(19)17-9-12-21(13-10-17)15-16-5-2-1-3-6-16/h1-3,5-6,11,14,17H,4,7-10,12-13,15H2. The number of aromatic nitrogens is 1. The first-order valence-electron chi connectivity index (χ1n) is 8.80. The highest BCUT2D eigenvalue weighted by Crippen LogP contribution is 2.30. The molecule has 1 fully saturated rings. The van der Waals surface area contributed by atoms with Crippen molar-refractivity contribution in [2.75, 3.05) is 13.1 Å². The van der Waals surface area contributed by atoms with Gasteiger partial charge < -0.3 is 4.57 Å². The molecule has 3 nitrogen and oxygen atoms in total. The number of carbonyl (C=O) groups is 1. The van der Waals surface area contributed by atoms with Crippen LogP contribution in [0.5, 0.6) is 0 Å². The van der Waals surface area contributed by atoms with Gasteiger partial charge in [0.05, 0.1) is 0 Å². The maximum Gasteiger partial charge on any atom is 0.164 e. The summed E-state index contributed by atoms with van der Waals surface area (Å²) in [6, 6.07) is 13.3. The lowest BCUT2D eigenvalue weighted by Gasteiger charge is -2.34. The molecule has 120 valence electrons. The summed E-state index contributed by atoms with van der Waals surface area (Å²) in [5.41, 5.74) is 3.68. The maximum atomic E-state index is 12.0. The predicted octanol–water partition coefficient (Wildman–Crippen LogP) is 3.84. The molecule has 0 bridgehead atoms. The van der Waals surface area contributed by atoms with E-state index in [1.165, 1.54) is 24.1 Å². The lowest BCUT2D eigenvalue weighted by Crippen LogP contribution is -2.34. The summed E-state index contributed by atoms with van der Waals surface area (Å²) in [5, 5.41) is 0. The molecule has 3 heteroatoms. The van der Waals surface area contributed by atoms with Gasteiger partial charge in [-0.1, -0.05) is 30.3 Å². The Morgan fingerprint density at radius 1 is 1.00 bits per heavy atom. The molecule has 1 aromatic heterocycles. The van der Waals surface area contributed by atoms with Crippen LogP contribution < -0.4 is 0 Å². The third kappa shape index (κ3) is 2.98. The lowest BCUT2D eigenvalue weighted by atomic mass is 9.95. The summed E-state index contributed by atoms with van der Waals surface area (Å²) in [6.07, 6.45) is 7.34. The fraction of sp³-hybridized carbons (Fsp3) is 0.450. The van der Waals surface area contributed by atoms with Gasteiger partial charge in [0.1, 0.15) is 0 Å². The van der Waals surface area contributed by atoms with Crippen LogP contribution in [0.25, 0.3) is 0 Å². The number of nitrogens with zero attached hydrogens (tertiary/aromatic N) is 2. The monoisotopic (exact) mass is 308 g/mol. The Balaban J connectivity index is 1.41. The average molecular weight is 308 g/mol. The molecule has 0 radical (unpaired) electrons. The second-order valence-corrected chi connectivity index (χ2v) is 6.85. The van der Waals surface area contributed by atoms with Crippen molar-refractivity contribution in [3.05, 3.63) is 59.4 Å². The van der Waals surface area contributed by atoms with E-state index in [1.54, 1.807) is 0 Å². The molecule has 2 aromatic rings. The number of hydrogen-bond donors (Lipinski definition) is 0. The normalized spacial score (nSPS) is 19.7. The summed E-state index contributed by atoms with van der Waals surface area (Å²) in [5.74, 6) is 0.339. The van der Waals surface area contributed by atoms with Crippen LogP contribution in [0.3, 0.4) is 0 Å². The number of ketones is 1. The van der Waals surface area contributed by atoms with Gasteiger partial charge in [0.2, 0.25) is 0 Å². The highest BCUT2D eigenvalue weighted by Gasteiger charge is 2.26. The summed E-state index contributed by atoms with van der Waals surface area (Å²) in [6.45, 7) is 3.33. The first-order valence-corrected chi connectivity index (χ1v) is 8.80. The summed E-state index contributed by atoms with van der Waals surface area (Å²) >= 11 is 0. The van der Waals surface area contributed by atoms with Crippen molar-refractivity contribution in [3.8, 4) is 0 Å². The molecule has 1 saturated heterocycles. The van der Waals surface area contributed by atoms with Gasteiger partial charge in [-0.2, -0.15) is 0 Å². The third-order valence-electron chi connectivity index (χ3n) is 5.34. The first-order chi connectivity index (χ1) is 11.3. The Morgan fingerprint density at radius 2 is 1.78 bits per heavy atom. The zero-order valence-corrected chi connectivity index (χ0v) is 13.6. The van der Waals surface area contributed by atoms with Crippen molar-refractivity contribution in [1.82, 2.24) is 9.47 Å². The van der Waals surface area contributed by atoms with Gasteiger partial charge in [-0.25, -0.2) is 0 Å². The Hall–Kier alpha value is -1.87. The number of carbonyl (C=O) groups excluding carboxylic acids is 1. The molecule has 0 atom stereocenters. The van der Waals surface area contributed by atoms with E-state index >= 15 is 0 Å². The number of hydrogen-bond acceptors (Lipinski definition) is 2. The van der Waals surface area contributed by atoms with Crippen LogP contribution in [0.4, 0.5) is 0 Å². The van der Waals surface area contributed by atoms with E-state index in [1.807, 2.05) is 6.07 Å². The smallest absolute Gasteiger partial charge is 0.164 e. The van der Waals surface area contributed by atoms with Crippen molar-refractivity contribution < 1.29 is 4.79 Å². The molecular formula is C20H24N2O. The zero-order chi connectivity index (χ0) is 15.6. The van der Waals surface area contributed by atoms with Crippen LogP contribution in [-0.2, 0) is 13.0 Å². The van der Waals surface area contributed by atoms with E-state index in [4.69, 9.17) is 0 Å². The molecule has 0 spiro atoms. The van der Waals surface area contributed by atoms with Gasteiger partial charge in [-0.3, -0.25) is 9.69 Å². The molecule has 4 rings (SSSR count). The molecule has 23 heavy (non-hydrogen) atoms. The average Bonchev–Trinajstić information content (AvgIpc) is 3.02. The van der Waals surface area contributed by atoms with Gasteiger partial charge in [0.15, 0.2) is 5.78 Å². The molecular weight excluding hydrogens is 284 g/mol. The van der Waals surface area contributed by atoms with Gasteiger partial charge in [0, 0.05) is 49.6 Å². The predicted molar refractivity (Wildman–Crippen MR) is 91.7 cm³/mol. The largest absolute Gasteiger partial charge is 0.348 e. The maximum absolute atomic E-state index is 12.0. The third-order valence-corrected chi connectivity index (χ3v) is 5.34. The number of likely N-dealkylation sites (tertiary alicyclic amines) is 1. The highest BCUT2D eigenvalue weighted by atomic mass is 16.1. The summed E-state index contributed by atoms with van der Waals surface area (Å²) in [4.78, 5) is 14.6. The summed E-state index contributed by atoms with van der Waals surface area (Å²) < 4.78 is 2.41. The summed E-state index contributed by atoms with van der Waals surface area (Å²) in [7, 11) is 0. The van der Waals surface area contributed by atoms with Crippen molar-refractivity contribution in [2.45, 2.75) is 44.7 Å². The molecule has 1 aliphatic heterocycles. The van der Waals surface area contributed by atoms with E-state index < -0.39 is 0 Å². The van der Waals surface area contributed by atoms with Gasteiger partial charge in [-0.05, 0) is 37.3 Å². The Morgan fingerprint density at radius 3 is 2.57 bits per heavy atom. The molecule has 2 aliphatic rings. The number of rotatable bonds is 3. The van der Waals surface area contributed by atoms with Crippen LogP contribution in [0.2, 0.25) is 0 Å². The van der Waals surface area contributed by atoms with Gasteiger partial charge in [-0.15, -0.1) is 0 Å². The topological polar surface area (TPSA) is 25.2 Å². The molecule has 0 amide bonds. The zero-order valence-electron chi connectivity index (χ0n) is 13.6. The van der Waals surface area contributed by atoms with E-state index in [0.717, 1.165) is 44.5 Å². The van der Waals surface area contributed by atoms with Crippen molar-refractivity contribution in [1.29, 1.82) is 0 Å². The molecule has 0 saturated carbocycles. The van der Waals surface area contributed by atoms with Crippen molar-refractivity contribution >= 4 is 5.78 Å². The number of benzene rings is 1. The van der Waals surface area contributed by atoms with E-state index in [2.05, 4.69) is 46.0 Å². The van der Waals surface area contributed by atoms with E-state index in [0.29, 0.717) is 11.8 Å². The van der Waals surface area contributed by atoms with Gasteiger partial charge in [0.25, 0.3) is 0 Å². The van der Waals surface area contributed by atoms with E-state index in [9.17, 15) is 4.79 Å². The molecule has 1 aliphatic carbocycles. The van der Waals surface area contributed by atoms with Crippen molar-refractivity contribution in [3.63, 3.8) is 0 Å². The quantitative estimate of drug-likeness (QED) is 0.860. The molecule has 0 N–H and O–H groups in total. The highest BCUT2D eigenvalue weighted by molar-refractivity contribution is 5.98. The number of piperidine rings is 1. The Kier molecular flexibility index (Phi) is 4.04. The lowest BCUT2D eigenvalue weighted by molar-refractivity contribution is 0.0970. The van der Waals surface area contributed by atoms with Crippen LogP contribution in [-0.4, -0.2) is 28.3 Å². The Labute approximate surface area is 137 Å². The van der Waals surface area contributed by atoms with Gasteiger partial charge >= 0.3 is 0 Å². The minimum Gasteiger partial charge on any atom is -0.348 e. The minimum absolute atomic E-state index is 0.339. The van der Waals surface area contributed by atoms with Crippen molar-refractivity contribution in [2.24, 2.45) is 0 Å². The second kappa shape index (κ2) is 6.32. The van der Waals surface area contributed by atoms with Crippen LogP contribution in [0.15, 0.2) is 42.6 Å². The SMILES string of the molecule is O=C1CCCc2c1ccn2C1CCN(Cc2ccccc2)CC1. The fourth-order valence-electron chi connectivity index (χ4n) is 4.09. The van der Waals surface area contributed by atoms with Crippen LogP contribution in [0, 0.1) is 0 Å². The molecule has 0 unspecified atom stereocenters. The first kappa shape index (κ1) is 14.7. The Bertz CT molecular complexity index is 681. The molecule has 2 heterocycles. The molecule has 1 aromatic carbocycles. The van der Waals surface area contributed by atoms with E-state index in [-0.39, 0.29) is 0 Å². The second-order valence-electron chi connectivity index (χ2n) is 6.85. The van der Waals surface area contributed by atoms with Crippen LogP contribution >= 0.6 is 0 Å². The van der Waals surface area contributed by atoms with Crippen LogP contribution in [0.1, 0.15) is 53.3 Å².